The van der Waals surface area contributed by atoms with Crippen LogP contribution in [-0.2, 0) is 4.79 Å². The van der Waals surface area contributed by atoms with Gasteiger partial charge in [-0.1, -0.05) is 60.0 Å². The number of rotatable bonds is 3. The van der Waals surface area contributed by atoms with Crippen LogP contribution in [0.15, 0.2) is 75.5 Å². The lowest BCUT2D eigenvalue weighted by atomic mass is 10.2. The zero-order valence-electron chi connectivity index (χ0n) is 15.0. The molecule has 3 nitrogen and oxygen atoms in total. The van der Waals surface area contributed by atoms with E-state index >= 15 is 0 Å². The molecule has 0 aliphatic carbocycles. The number of para-hydroxylation sites is 1. The van der Waals surface area contributed by atoms with E-state index in [4.69, 9.17) is 12.2 Å². The Labute approximate surface area is 173 Å². The van der Waals surface area contributed by atoms with Gasteiger partial charge in [-0.05, 0) is 55.8 Å². The summed E-state index contributed by atoms with van der Waals surface area (Å²) >= 11 is 8.53. The van der Waals surface area contributed by atoms with E-state index in [1.54, 1.807) is 16.7 Å². The number of amides is 1. The summed E-state index contributed by atoms with van der Waals surface area (Å²) in [6.45, 7) is 5.12. The Hall–Kier alpha value is -2.02. The molecule has 2 aliphatic heterocycles. The zero-order valence-corrected chi connectivity index (χ0v) is 17.5. The highest BCUT2D eigenvalue weighted by atomic mass is 32.2. The van der Waals surface area contributed by atoms with Crippen molar-refractivity contribution in [1.29, 1.82) is 0 Å². The maximum absolute atomic E-state index is 12.8. The third-order valence-electron chi connectivity index (χ3n) is 4.39. The van der Waals surface area contributed by atoms with E-state index < -0.39 is 0 Å². The Morgan fingerprint density at radius 3 is 2.59 bits per heavy atom. The third kappa shape index (κ3) is 3.45. The van der Waals surface area contributed by atoms with Crippen LogP contribution in [0.25, 0.3) is 0 Å². The van der Waals surface area contributed by atoms with Crippen LogP contribution >= 0.6 is 35.7 Å². The maximum Gasteiger partial charge on any atom is 0.270 e. The number of anilines is 2. The van der Waals surface area contributed by atoms with Gasteiger partial charge in [0.05, 0.1) is 21.3 Å². The number of aryl methyl sites for hydroxylation is 1. The van der Waals surface area contributed by atoms with E-state index in [2.05, 4.69) is 36.9 Å². The first kappa shape index (κ1) is 18.3. The van der Waals surface area contributed by atoms with Gasteiger partial charge in [0.2, 0.25) is 0 Å². The average Bonchev–Trinajstić information content (AvgIpc) is 3.16. The Morgan fingerprint density at radius 2 is 1.85 bits per heavy atom. The van der Waals surface area contributed by atoms with Crippen molar-refractivity contribution in [3.63, 3.8) is 0 Å². The summed E-state index contributed by atoms with van der Waals surface area (Å²) in [6.07, 6.45) is 3.92. The molecule has 0 unspecified atom stereocenters. The Bertz CT molecular complexity index is 982. The van der Waals surface area contributed by atoms with Crippen molar-refractivity contribution in [1.82, 2.24) is 0 Å². The zero-order chi connectivity index (χ0) is 19.0. The number of benzene rings is 2. The van der Waals surface area contributed by atoms with E-state index in [0.29, 0.717) is 9.23 Å². The number of carbonyl (C=O) groups excluding carboxylic acids is 1. The van der Waals surface area contributed by atoms with Crippen LogP contribution in [0.2, 0.25) is 0 Å². The summed E-state index contributed by atoms with van der Waals surface area (Å²) in [5, 5.41) is 1.13. The summed E-state index contributed by atoms with van der Waals surface area (Å²) < 4.78 is 0.571. The first-order chi connectivity index (χ1) is 13.1. The van der Waals surface area contributed by atoms with Crippen molar-refractivity contribution in [2.24, 2.45) is 0 Å². The fourth-order valence-electron chi connectivity index (χ4n) is 3.09. The summed E-state index contributed by atoms with van der Waals surface area (Å²) in [5.74, 6) is -0.0625. The van der Waals surface area contributed by atoms with E-state index in [9.17, 15) is 4.79 Å². The quantitative estimate of drug-likeness (QED) is 0.476. The molecule has 0 aromatic heterocycles. The molecule has 2 aromatic carbocycles. The van der Waals surface area contributed by atoms with Crippen molar-refractivity contribution in [3.8, 4) is 0 Å². The predicted molar refractivity (Wildman–Crippen MR) is 120 cm³/mol. The Morgan fingerprint density at radius 1 is 1.07 bits per heavy atom. The van der Waals surface area contributed by atoms with Gasteiger partial charge in [-0.3, -0.25) is 9.69 Å². The molecule has 136 valence electrons. The number of thioether (sulfide) groups is 2. The molecule has 1 amide bonds. The molecule has 0 spiro atoms. The van der Waals surface area contributed by atoms with Crippen molar-refractivity contribution >= 4 is 57.3 Å². The second-order valence-corrected chi connectivity index (χ2v) is 8.94. The first-order valence-electron chi connectivity index (χ1n) is 8.68. The summed E-state index contributed by atoms with van der Waals surface area (Å²) in [7, 11) is 0. The van der Waals surface area contributed by atoms with Gasteiger partial charge in [0, 0.05) is 11.4 Å². The predicted octanol–water partition coefficient (Wildman–Crippen LogP) is 5.72. The molecule has 6 heteroatoms. The number of hydrogen-bond donors (Lipinski definition) is 0. The van der Waals surface area contributed by atoms with Crippen LogP contribution in [0.1, 0.15) is 12.5 Å². The number of fused-ring (bicyclic) bond motifs is 1. The van der Waals surface area contributed by atoms with Crippen LogP contribution in [0.3, 0.4) is 0 Å². The van der Waals surface area contributed by atoms with E-state index in [0.717, 1.165) is 17.3 Å². The molecule has 27 heavy (non-hydrogen) atoms. The fourth-order valence-corrected chi connectivity index (χ4v) is 5.56. The maximum atomic E-state index is 12.8. The average molecular weight is 411 g/mol. The lowest BCUT2D eigenvalue weighted by Crippen LogP contribution is -2.27. The molecule has 1 saturated heterocycles. The van der Waals surface area contributed by atoms with Gasteiger partial charge in [0.15, 0.2) is 4.32 Å². The molecule has 0 saturated carbocycles. The Kier molecular flexibility index (Phi) is 5.12. The summed E-state index contributed by atoms with van der Waals surface area (Å²) in [4.78, 5) is 18.6. The van der Waals surface area contributed by atoms with Crippen molar-refractivity contribution in [3.05, 3.63) is 76.2 Å². The number of carbonyl (C=O) groups is 1. The molecule has 0 N–H and O–H groups in total. The number of allylic oxidation sites excluding steroid dienone is 2. The lowest BCUT2D eigenvalue weighted by Gasteiger charge is -2.17. The highest BCUT2D eigenvalue weighted by Gasteiger charge is 2.33. The van der Waals surface area contributed by atoms with Gasteiger partial charge in [0.1, 0.15) is 0 Å². The van der Waals surface area contributed by atoms with Gasteiger partial charge in [-0.2, -0.15) is 0 Å². The topological polar surface area (TPSA) is 23.6 Å². The summed E-state index contributed by atoms with van der Waals surface area (Å²) in [5.41, 5.74) is 3.29. The lowest BCUT2D eigenvalue weighted by molar-refractivity contribution is -0.113. The number of thiocarbonyl (C=S) groups is 1. The molecule has 0 radical (unpaired) electrons. The molecule has 2 aromatic rings. The normalized spacial score (nSPS) is 19.5. The van der Waals surface area contributed by atoms with Crippen LogP contribution in [0, 0.1) is 6.92 Å². The van der Waals surface area contributed by atoms with Gasteiger partial charge in [-0.25, -0.2) is 0 Å². The minimum atomic E-state index is -0.0625. The smallest absolute Gasteiger partial charge is 0.270 e. The molecule has 2 aliphatic rings. The second kappa shape index (κ2) is 7.54. The van der Waals surface area contributed by atoms with Crippen molar-refractivity contribution < 1.29 is 4.79 Å². The van der Waals surface area contributed by atoms with Crippen LogP contribution in [0.4, 0.5) is 11.4 Å². The minimum absolute atomic E-state index is 0.0625. The third-order valence-corrected chi connectivity index (χ3v) is 6.82. The monoisotopic (exact) mass is 410 g/mol. The fraction of sp³-hybridized carbons (Fsp3) is 0.143. The van der Waals surface area contributed by atoms with E-state index in [1.807, 2.05) is 42.5 Å². The minimum Gasteiger partial charge on any atom is -0.335 e. The number of hydrogen-bond acceptors (Lipinski definition) is 5. The molecule has 4 rings (SSSR count). The molecule has 2 heterocycles. The van der Waals surface area contributed by atoms with Gasteiger partial charge in [-0.15, -0.1) is 0 Å². The molecule has 0 bridgehead atoms. The Balaban J connectivity index is 1.61. The second-order valence-electron chi connectivity index (χ2n) is 6.20. The van der Waals surface area contributed by atoms with Crippen LogP contribution < -0.4 is 9.80 Å². The SMILES string of the molecule is CCN1C(=CC=C2SC(=S)N(c3ccccc3)C2=O)Sc2cc(C)ccc21. The van der Waals surface area contributed by atoms with Crippen molar-refractivity contribution in [2.75, 3.05) is 16.3 Å². The molecular formula is C21H18N2OS3. The number of nitrogens with zero attached hydrogens (tertiary/aromatic N) is 2. The van der Waals surface area contributed by atoms with Gasteiger partial charge >= 0.3 is 0 Å². The van der Waals surface area contributed by atoms with E-state index in [-0.39, 0.29) is 5.91 Å². The van der Waals surface area contributed by atoms with Gasteiger partial charge in [0.25, 0.3) is 5.91 Å². The standard InChI is InChI=1S/C21H18N2OS3/c1-3-22-16-10-9-14(2)13-18(16)26-19(22)12-11-17-20(24)23(21(25)27-17)15-7-5-4-6-8-15/h4-13H,3H2,1-2H3. The molecule has 1 fully saturated rings. The largest absolute Gasteiger partial charge is 0.335 e. The molecule has 0 atom stereocenters. The van der Waals surface area contributed by atoms with E-state index in [1.165, 1.54) is 27.9 Å². The van der Waals surface area contributed by atoms with Crippen molar-refractivity contribution in [2.45, 2.75) is 18.7 Å². The van der Waals surface area contributed by atoms with Gasteiger partial charge < -0.3 is 4.90 Å². The van der Waals surface area contributed by atoms with Crippen LogP contribution in [-0.4, -0.2) is 16.8 Å². The highest BCUT2D eigenvalue weighted by molar-refractivity contribution is 8.27. The first-order valence-corrected chi connectivity index (χ1v) is 10.7. The van der Waals surface area contributed by atoms with Crippen LogP contribution in [0.5, 0.6) is 0 Å². The molecular weight excluding hydrogens is 392 g/mol. The highest BCUT2D eigenvalue weighted by Crippen LogP contribution is 2.46. The summed E-state index contributed by atoms with van der Waals surface area (Å²) in [6, 6.07) is 16.1.